The van der Waals surface area contributed by atoms with Crippen LogP contribution in [-0.4, -0.2) is 72.3 Å². The number of carboxylic acids is 1. The molecule has 1 aromatic carbocycles. The molecule has 0 radical (unpaired) electrons. The van der Waals surface area contributed by atoms with Crippen LogP contribution in [0.4, 0.5) is 0 Å². The van der Waals surface area contributed by atoms with Crippen molar-refractivity contribution in [3.63, 3.8) is 0 Å². The lowest BCUT2D eigenvalue weighted by Crippen LogP contribution is -2.53. The molecule has 6 N–H and O–H groups in total. The molecule has 15 heteroatoms. The summed E-state index contributed by atoms with van der Waals surface area (Å²) >= 11 is 0. The van der Waals surface area contributed by atoms with Crippen molar-refractivity contribution in [2.75, 3.05) is 19.6 Å². The molecule has 4 rings (SSSR count). The number of nitrogens with zero attached hydrogens (tertiary/aromatic N) is 3. The summed E-state index contributed by atoms with van der Waals surface area (Å²) in [6.07, 6.45) is 6.43. The van der Waals surface area contributed by atoms with Crippen LogP contribution in [0.25, 0.3) is 10.9 Å². The minimum Gasteiger partial charge on any atom is -0.480 e. The molecule has 1 amide bonds. The number of aliphatic carboxylic acids is 1. The zero-order chi connectivity index (χ0) is 27.3. The van der Waals surface area contributed by atoms with Crippen LogP contribution in [0.15, 0.2) is 46.1 Å². The molecule has 2 atom stereocenters. The number of hydrogen-bond acceptors (Lipinski definition) is 10. The second-order valence-electron chi connectivity index (χ2n) is 8.73. The molecule has 204 valence electrons. The first-order chi connectivity index (χ1) is 18.2. The summed E-state index contributed by atoms with van der Waals surface area (Å²) in [7, 11) is -4.24. The number of sulfonamides is 1. The largest absolute Gasteiger partial charge is 0.480 e. The molecule has 38 heavy (non-hydrogen) atoms. The number of fused-ring (bicyclic) bond motifs is 1. The van der Waals surface area contributed by atoms with Crippen molar-refractivity contribution in [1.82, 2.24) is 40.9 Å². The van der Waals surface area contributed by atoms with Crippen molar-refractivity contribution in [2.24, 2.45) is 0 Å². The Balaban J connectivity index is 1.33. The average Bonchev–Trinajstić information content (AvgIpc) is 3.46. The minimum absolute atomic E-state index is 0.0300. The number of hydrogen-bond donors (Lipinski definition) is 6. The SMILES string of the molecule is Cc1noc(C)c1S(=O)(=O)NC(CNC(=O)c1ccc2c(cnn2CCCNC2NC=CCN2)c1)C(=O)O. The van der Waals surface area contributed by atoms with Crippen molar-refractivity contribution in [2.45, 2.75) is 44.0 Å². The number of rotatable bonds is 12. The van der Waals surface area contributed by atoms with Crippen molar-refractivity contribution in [3.8, 4) is 0 Å². The van der Waals surface area contributed by atoms with Gasteiger partial charge in [-0.3, -0.25) is 24.9 Å². The standard InChI is InChI=1S/C23H30N8O6S/c1-14-20(15(2)37-29-14)38(35,36)30-18(22(33)34)13-27-21(32)16-5-6-19-17(11-16)12-28-31(19)10-4-9-26-23-24-7-3-8-25-23/h3,5-7,11-12,18,23-26,30H,4,8-10,13H2,1-2H3,(H,27,32)(H,33,34). The normalized spacial score (nSPS) is 16.3. The van der Waals surface area contributed by atoms with Gasteiger partial charge in [0.25, 0.3) is 5.91 Å². The summed E-state index contributed by atoms with van der Waals surface area (Å²) in [5.41, 5.74) is 1.25. The third kappa shape index (κ3) is 6.36. The van der Waals surface area contributed by atoms with Gasteiger partial charge in [0, 0.05) is 37.1 Å². The highest BCUT2D eigenvalue weighted by atomic mass is 32.2. The number of carbonyl (C=O) groups excluding carboxylic acids is 1. The lowest BCUT2D eigenvalue weighted by Gasteiger charge is -2.22. The van der Waals surface area contributed by atoms with Crippen LogP contribution < -0.4 is 26.0 Å². The predicted octanol–water partition coefficient (Wildman–Crippen LogP) is -0.228. The van der Waals surface area contributed by atoms with Crippen molar-refractivity contribution in [1.29, 1.82) is 0 Å². The first-order valence-corrected chi connectivity index (χ1v) is 13.4. The lowest BCUT2D eigenvalue weighted by molar-refractivity contribution is -0.138. The molecule has 2 unspecified atom stereocenters. The van der Waals surface area contributed by atoms with Gasteiger partial charge in [0.15, 0.2) is 5.76 Å². The van der Waals surface area contributed by atoms with Gasteiger partial charge < -0.3 is 20.3 Å². The molecule has 2 aromatic heterocycles. The van der Waals surface area contributed by atoms with E-state index in [0.717, 1.165) is 30.4 Å². The molecule has 1 aliphatic rings. The first kappa shape index (κ1) is 27.3. The third-order valence-corrected chi connectivity index (χ3v) is 7.63. The molecule has 14 nitrogen and oxygen atoms in total. The van der Waals surface area contributed by atoms with Gasteiger partial charge in [-0.25, -0.2) is 8.42 Å². The monoisotopic (exact) mass is 546 g/mol. The van der Waals surface area contributed by atoms with E-state index in [-0.39, 0.29) is 22.6 Å². The fraction of sp³-hybridized carbons (Fsp3) is 0.391. The van der Waals surface area contributed by atoms with E-state index >= 15 is 0 Å². The molecule has 1 aliphatic heterocycles. The van der Waals surface area contributed by atoms with E-state index in [1.165, 1.54) is 13.8 Å². The van der Waals surface area contributed by atoms with Gasteiger partial charge in [-0.05, 0) is 44.7 Å². The Morgan fingerprint density at radius 3 is 2.82 bits per heavy atom. The number of carbonyl (C=O) groups is 2. The molecule has 0 bridgehead atoms. The van der Waals surface area contributed by atoms with Gasteiger partial charge in [0.05, 0.1) is 11.7 Å². The van der Waals surface area contributed by atoms with E-state index in [9.17, 15) is 23.1 Å². The van der Waals surface area contributed by atoms with Gasteiger partial charge in [-0.15, -0.1) is 0 Å². The first-order valence-electron chi connectivity index (χ1n) is 12.0. The number of nitrogens with one attached hydrogen (secondary N) is 5. The summed E-state index contributed by atoms with van der Waals surface area (Å²) in [6, 6.07) is 3.43. The molecule has 0 fully saturated rings. The van der Waals surface area contributed by atoms with Crippen LogP contribution in [0.3, 0.4) is 0 Å². The number of aryl methyl sites for hydroxylation is 3. The number of aromatic nitrogens is 3. The van der Waals surface area contributed by atoms with Crippen LogP contribution in [0.1, 0.15) is 28.2 Å². The number of benzene rings is 1. The molecule has 0 saturated carbocycles. The van der Waals surface area contributed by atoms with Crippen molar-refractivity contribution in [3.05, 3.63) is 53.7 Å². The van der Waals surface area contributed by atoms with Crippen LogP contribution in [0.5, 0.6) is 0 Å². The zero-order valence-corrected chi connectivity index (χ0v) is 21.7. The highest BCUT2D eigenvalue weighted by Gasteiger charge is 2.30. The quantitative estimate of drug-likeness (QED) is 0.164. The molecular formula is C23H30N8O6S. The van der Waals surface area contributed by atoms with Gasteiger partial charge in [0.1, 0.15) is 22.9 Å². The lowest BCUT2D eigenvalue weighted by atomic mass is 10.1. The van der Waals surface area contributed by atoms with Crippen LogP contribution in [0, 0.1) is 13.8 Å². The van der Waals surface area contributed by atoms with E-state index in [2.05, 4.69) is 36.2 Å². The number of amides is 1. The van der Waals surface area contributed by atoms with Gasteiger partial charge >= 0.3 is 5.97 Å². The van der Waals surface area contributed by atoms with Gasteiger partial charge in [-0.1, -0.05) is 11.2 Å². The molecular weight excluding hydrogens is 516 g/mol. The Morgan fingerprint density at radius 2 is 2.13 bits per heavy atom. The molecule has 3 aromatic rings. The Morgan fingerprint density at radius 1 is 1.32 bits per heavy atom. The fourth-order valence-corrected chi connectivity index (χ4v) is 5.58. The third-order valence-electron chi connectivity index (χ3n) is 5.92. The second kappa shape index (κ2) is 11.7. The average molecular weight is 547 g/mol. The summed E-state index contributed by atoms with van der Waals surface area (Å²) < 4.78 is 34.2. The van der Waals surface area contributed by atoms with Crippen LogP contribution in [0.2, 0.25) is 0 Å². The molecule has 0 aliphatic carbocycles. The zero-order valence-electron chi connectivity index (χ0n) is 20.9. The van der Waals surface area contributed by atoms with Crippen molar-refractivity contribution >= 4 is 32.8 Å². The summed E-state index contributed by atoms with van der Waals surface area (Å²) in [6.45, 7) is 4.62. The summed E-state index contributed by atoms with van der Waals surface area (Å²) in [4.78, 5) is 24.2. The van der Waals surface area contributed by atoms with E-state index < -0.39 is 34.5 Å². The maximum Gasteiger partial charge on any atom is 0.323 e. The number of carboxylic acid groups (broad SMARTS) is 1. The molecule has 0 spiro atoms. The van der Waals surface area contributed by atoms with Gasteiger partial charge in [-0.2, -0.15) is 9.82 Å². The second-order valence-corrected chi connectivity index (χ2v) is 10.4. The Labute approximate surface area is 218 Å². The predicted molar refractivity (Wildman–Crippen MR) is 136 cm³/mol. The van der Waals surface area contributed by atoms with Crippen molar-refractivity contribution < 1.29 is 27.6 Å². The Hall–Kier alpha value is -3.79. The van der Waals surface area contributed by atoms with Crippen LogP contribution in [-0.2, 0) is 21.4 Å². The minimum atomic E-state index is -4.24. The fourth-order valence-electron chi connectivity index (χ4n) is 4.06. The van der Waals surface area contributed by atoms with Crippen LogP contribution >= 0.6 is 0 Å². The molecule has 0 saturated heterocycles. The maximum atomic E-state index is 12.7. The Bertz CT molecular complexity index is 1430. The highest BCUT2D eigenvalue weighted by molar-refractivity contribution is 7.89. The molecule has 3 heterocycles. The van der Waals surface area contributed by atoms with E-state index in [4.69, 9.17) is 4.52 Å². The van der Waals surface area contributed by atoms with Gasteiger partial charge in [0.2, 0.25) is 10.0 Å². The smallest absolute Gasteiger partial charge is 0.323 e. The topological polar surface area (TPSA) is 193 Å². The summed E-state index contributed by atoms with van der Waals surface area (Å²) in [5.74, 6) is -1.96. The maximum absolute atomic E-state index is 12.7. The summed E-state index contributed by atoms with van der Waals surface area (Å²) in [5, 5.41) is 30.5. The van der Waals surface area contributed by atoms with E-state index in [0.29, 0.717) is 12.1 Å². The van der Waals surface area contributed by atoms with E-state index in [1.54, 1.807) is 24.4 Å². The van der Waals surface area contributed by atoms with E-state index in [1.807, 2.05) is 17.0 Å². The highest BCUT2D eigenvalue weighted by Crippen LogP contribution is 2.19. The Kier molecular flexibility index (Phi) is 8.41.